The second kappa shape index (κ2) is 2.67. The third-order valence-electron chi connectivity index (χ3n) is 5.98. The summed E-state index contributed by atoms with van der Waals surface area (Å²) in [7, 11) is 0. The van der Waals surface area contributed by atoms with Crippen LogP contribution in [0.2, 0.25) is 0 Å². The first kappa shape index (κ1) is 9.86. The first-order chi connectivity index (χ1) is 6.98. The molecule has 0 aliphatic heterocycles. The Bertz CT molecular complexity index is 317. The van der Waals surface area contributed by atoms with Crippen molar-refractivity contribution in [1.82, 2.24) is 0 Å². The first-order valence-electron chi connectivity index (χ1n) is 6.52. The number of hydrogen-bond donors (Lipinski definition) is 0. The Labute approximate surface area is 92.6 Å². The summed E-state index contributed by atoms with van der Waals surface area (Å²) in [6.45, 7) is 7.11. The molecule has 3 rings (SSSR count). The van der Waals surface area contributed by atoms with Crippen molar-refractivity contribution in [2.75, 3.05) is 0 Å². The molecule has 1 spiro atoms. The summed E-state index contributed by atoms with van der Waals surface area (Å²) in [5, 5.41) is 0. The van der Waals surface area contributed by atoms with Crippen LogP contribution in [0.1, 0.15) is 52.9 Å². The van der Waals surface area contributed by atoms with Crippen molar-refractivity contribution in [3.8, 4) is 0 Å². The first-order valence-corrected chi connectivity index (χ1v) is 6.52. The van der Waals surface area contributed by atoms with Crippen LogP contribution in [-0.4, -0.2) is 5.78 Å². The number of Topliss-reactive ketones (excluding diaryl/α,β-unsaturated/α-hetero) is 1. The van der Waals surface area contributed by atoms with Gasteiger partial charge in [-0.05, 0) is 42.4 Å². The van der Waals surface area contributed by atoms with Crippen LogP contribution in [0.5, 0.6) is 0 Å². The summed E-state index contributed by atoms with van der Waals surface area (Å²) in [5.41, 5.74) is 0.803. The molecular formula is C14H22O. The molecule has 0 amide bonds. The number of fused-ring (bicyclic) bond motifs is 1. The van der Waals surface area contributed by atoms with Crippen LogP contribution >= 0.6 is 0 Å². The molecule has 15 heavy (non-hydrogen) atoms. The fourth-order valence-electron chi connectivity index (χ4n) is 5.03. The molecule has 3 saturated carbocycles. The third kappa shape index (κ3) is 0.976. The minimum absolute atomic E-state index is 0.395. The minimum Gasteiger partial charge on any atom is -0.299 e. The fourth-order valence-corrected chi connectivity index (χ4v) is 5.03. The molecule has 4 atom stereocenters. The molecule has 0 aromatic rings. The van der Waals surface area contributed by atoms with E-state index in [1.54, 1.807) is 0 Å². The Morgan fingerprint density at radius 1 is 1.27 bits per heavy atom. The van der Waals surface area contributed by atoms with Crippen molar-refractivity contribution in [1.29, 1.82) is 0 Å². The van der Waals surface area contributed by atoms with Crippen molar-refractivity contribution >= 4 is 5.78 Å². The quantitative estimate of drug-likeness (QED) is 0.593. The van der Waals surface area contributed by atoms with Gasteiger partial charge < -0.3 is 0 Å². The zero-order chi connectivity index (χ0) is 10.8. The van der Waals surface area contributed by atoms with Crippen LogP contribution in [0.4, 0.5) is 0 Å². The predicted molar refractivity (Wildman–Crippen MR) is 60.5 cm³/mol. The SMILES string of the molecule is CC1CC23CC1C(=O)C2CCCC3(C)C. The van der Waals surface area contributed by atoms with Crippen molar-refractivity contribution < 1.29 is 4.79 Å². The van der Waals surface area contributed by atoms with E-state index in [1.165, 1.54) is 32.1 Å². The zero-order valence-electron chi connectivity index (χ0n) is 10.2. The van der Waals surface area contributed by atoms with Gasteiger partial charge in [0.05, 0.1) is 0 Å². The summed E-state index contributed by atoms with van der Waals surface area (Å²) in [5.74, 6) is 2.14. The molecule has 3 aliphatic carbocycles. The van der Waals surface area contributed by atoms with Crippen LogP contribution in [-0.2, 0) is 4.79 Å². The molecule has 4 unspecified atom stereocenters. The topological polar surface area (TPSA) is 17.1 Å². The number of carbonyl (C=O) groups excluding carboxylic acids is 1. The van der Waals surface area contributed by atoms with E-state index in [1.807, 2.05) is 0 Å². The number of ketones is 1. The Morgan fingerprint density at radius 3 is 2.73 bits per heavy atom. The lowest BCUT2D eigenvalue weighted by molar-refractivity contribution is -0.135. The van der Waals surface area contributed by atoms with Crippen molar-refractivity contribution in [3.05, 3.63) is 0 Å². The Hall–Kier alpha value is -0.330. The van der Waals surface area contributed by atoms with Crippen LogP contribution in [0.15, 0.2) is 0 Å². The van der Waals surface area contributed by atoms with Gasteiger partial charge in [-0.25, -0.2) is 0 Å². The van der Waals surface area contributed by atoms with E-state index in [0.29, 0.717) is 34.4 Å². The molecule has 0 heterocycles. The molecule has 0 aromatic heterocycles. The van der Waals surface area contributed by atoms with Gasteiger partial charge in [-0.15, -0.1) is 0 Å². The fraction of sp³-hybridized carbons (Fsp3) is 0.929. The standard InChI is InChI=1S/C14H22O/c1-9-7-14-8-10(9)12(15)11(14)5-4-6-13(14,2)3/h9-11H,4-8H2,1-3H3. The van der Waals surface area contributed by atoms with Gasteiger partial charge >= 0.3 is 0 Å². The number of carbonyl (C=O) groups is 1. The molecule has 3 aliphatic rings. The van der Waals surface area contributed by atoms with Gasteiger partial charge in [-0.1, -0.05) is 27.2 Å². The smallest absolute Gasteiger partial charge is 0.139 e. The lowest BCUT2D eigenvalue weighted by atomic mass is 9.52. The molecule has 3 fully saturated rings. The Morgan fingerprint density at radius 2 is 2.00 bits per heavy atom. The van der Waals surface area contributed by atoms with E-state index in [-0.39, 0.29) is 0 Å². The summed E-state index contributed by atoms with van der Waals surface area (Å²) in [4.78, 5) is 12.3. The van der Waals surface area contributed by atoms with Crippen LogP contribution in [0, 0.1) is 28.6 Å². The molecule has 2 bridgehead atoms. The van der Waals surface area contributed by atoms with Gasteiger partial charge in [0, 0.05) is 11.8 Å². The van der Waals surface area contributed by atoms with E-state index in [4.69, 9.17) is 0 Å². The van der Waals surface area contributed by atoms with Gasteiger partial charge in [-0.3, -0.25) is 4.79 Å². The summed E-state index contributed by atoms with van der Waals surface area (Å²) in [6.07, 6.45) is 6.32. The van der Waals surface area contributed by atoms with Crippen molar-refractivity contribution in [3.63, 3.8) is 0 Å². The predicted octanol–water partition coefficient (Wildman–Crippen LogP) is 3.43. The molecular weight excluding hydrogens is 184 g/mol. The van der Waals surface area contributed by atoms with Crippen molar-refractivity contribution in [2.45, 2.75) is 52.9 Å². The highest BCUT2D eigenvalue weighted by Gasteiger charge is 2.66. The Kier molecular flexibility index (Phi) is 1.76. The second-order valence-electron chi connectivity index (χ2n) is 6.88. The lowest BCUT2D eigenvalue weighted by Gasteiger charge is -2.51. The highest BCUT2D eigenvalue weighted by atomic mass is 16.1. The monoisotopic (exact) mass is 206 g/mol. The van der Waals surface area contributed by atoms with Crippen LogP contribution in [0.25, 0.3) is 0 Å². The van der Waals surface area contributed by atoms with Crippen LogP contribution < -0.4 is 0 Å². The summed E-state index contributed by atoms with van der Waals surface area (Å²) < 4.78 is 0. The maximum absolute atomic E-state index is 12.3. The van der Waals surface area contributed by atoms with Crippen molar-refractivity contribution in [2.24, 2.45) is 28.6 Å². The van der Waals surface area contributed by atoms with E-state index < -0.39 is 0 Å². The molecule has 1 heteroatoms. The summed E-state index contributed by atoms with van der Waals surface area (Å²) >= 11 is 0. The molecule has 0 saturated heterocycles. The van der Waals surface area contributed by atoms with E-state index in [0.717, 1.165) is 0 Å². The molecule has 0 radical (unpaired) electrons. The molecule has 1 nitrogen and oxygen atoms in total. The highest BCUT2D eigenvalue weighted by Crippen LogP contribution is 2.69. The zero-order valence-corrected chi connectivity index (χ0v) is 10.2. The largest absolute Gasteiger partial charge is 0.299 e. The number of hydrogen-bond acceptors (Lipinski definition) is 1. The van der Waals surface area contributed by atoms with Gasteiger partial charge in [0.1, 0.15) is 5.78 Å². The van der Waals surface area contributed by atoms with E-state index in [9.17, 15) is 4.79 Å². The maximum Gasteiger partial charge on any atom is 0.139 e. The van der Waals surface area contributed by atoms with Gasteiger partial charge in [0.25, 0.3) is 0 Å². The van der Waals surface area contributed by atoms with Gasteiger partial charge in [0.2, 0.25) is 0 Å². The van der Waals surface area contributed by atoms with E-state index in [2.05, 4.69) is 20.8 Å². The maximum atomic E-state index is 12.3. The second-order valence-corrected chi connectivity index (χ2v) is 6.88. The molecule has 0 aromatic carbocycles. The van der Waals surface area contributed by atoms with Crippen LogP contribution in [0.3, 0.4) is 0 Å². The average Bonchev–Trinajstić information content (AvgIpc) is 2.61. The van der Waals surface area contributed by atoms with Gasteiger partial charge in [0.15, 0.2) is 0 Å². The lowest BCUT2D eigenvalue weighted by Crippen LogP contribution is -2.47. The minimum atomic E-state index is 0.395. The average molecular weight is 206 g/mol. The third-order valence-corrected chi connectivity index (χ3v) is 5.98. The van der Waals surface area contributed by atoms with Gasteiger partial charge in [-0.2, -0.15) is 0 Å². The van der Waals surface area contributed by atoms with E-state index >= 15 is 0 Å². The number of rotatable bonds is 0. The summed E-state index contributed by atoms with van der Waals surface area (Å²) in [6, 6.07) is 0. The highest BCUT2D eigenvalue weighted by molar-refractivity contribution is 5.88. The normalized spacial score (nSPS) is 51.9. The molecule has 0 N–H and O–H groups in total. The Balaban J connectivity index is 2.07. The molecule has 84 valence electrons.